The molecule has 20 heavy (non-hydrogen) atoms. The summed E-state index contributed by atoms with van der Waals surface area (Å²) in [6.07, 6.45) is 2.78. The van der Waals surface area contributed by atoms with E-state index in [0.717, 1.165) is 12.8 Å². The zero-order valence-electron chi connectivity index (χ0n) is 13.8. The third kappa shape index (κ3) is 3.53. The Morgan fingerprint density at radius 1 is 1.15 bits per heavy atom. The standard InChI is InChI=1S/C16H30N2O2/c1-7-13(8-2)11(5)18-12(6)15(19)17-14(16(18)20)9-10(3)4/h10-14H,7-9H2,1-6H3,(H,17,19). The summed E-state index contributed by atoms with van der Waals surface area (Å²) in [5.41, 5.74) is 0. The van der Waals surface area contributed by atoms with Gasteiger partial charge >= 0.3 is 0 Å². The van der Waals surface area contributed by atoms with Gasteiger partial charge in [-0.25, -0.2) is 0 Å². The van der Waals surface area contributed by atoms with Gasteiger partial charge in [-0.3, -0.25) is 9.59 Å². The first-order chi connectivity index (χ1) is 9.33. The van der Waals surface area contributed by atoms with Crippen LogP contribution in [0.2, 0.25) is 0 Å². The molecule has 0 saturated carbocycles. The molecule has 3 atom stereocenters. The van der Waals surface area contributed by atoms with Crippen LogP contribution in [-0.2, 0) is 9.59 Å². The second-order valence-corrected chi connectivity index (χ2v) is 6.43. The maximum absolute atomic E-state index is 12.7. The molecule has 0 aromatic heterocycles. The van der Waals surface area contributed by atoms with E-state index in [4.69, 9.17) is 0 Å². The minimum atomic E-state index is -0.360. The second-order valence-electron chi connectivity index (χ2n) is 6.43. The maximum Gasteiger partial charge on any atom is 0.246 e. The van der Waals surface area contributed by atoms with E-state index in [1.165, 1.54) is 0 Å². The Labute approximate surface area is 123 Å². The summed E-state index contributed by atoms with van der Waals surface area (Å²) in [4.78, 5) is 26.7. The first kappa shape index (κ1) is 17.0. The number of piperazine rings is 1. The molecule has 1 saturated heterocycles. The molecule has 0 aromatic carbocycles. The Bertz CT molecular complexity index is 350. The molecule has 0 bridgehead atoms. The summed E-state index contributed by atoms with van der Waals surface area (Å²) in [6.45, 7) is 12.4. The van der Waals surface area contributed by atoms with E-state index in [1.54, 1.807) is 0 Å². The van der Waals surface area contributed by atoms with Crippen molar-refractivity contribution in [3.05, 3.63) is 0 Å². The number of hydrogen-bond donors (Lipinski definition) is 1. The van der Waals surface area contributed by atoms with Crippen molar-refractivity contribution in [2.45, 2.75) is 78.9 Å². The van der Waals surface area contributed by atoms with Gasteiger partial charge in [0.1, 0.15) is 12.1 Å². The fourth-order valence-electron chi connectivity index (χ4n) is 3.23. The van der Waals surface area contributed by atoms with Crippen molar-refractivity contribution in [3.63, 3.8) is 0 Å². The first-order valence-electron chi connectivity index (χ1n) is 7.95. The number of nitrogens with one attached hydrogen (secondary N) is 1. The monoisotopic (exact) mass is 282 g/mol. The quantitative estimate of drug-likeness (QED) is 0.814. The number of hydrogen-bond acceptors (Lipinski definition) is 2. The van der Waals surface area contributed by atoms with E-state index in [1.807, 2.05) is 11.8 Å². The van der Waals surface area contributed by atoms with Gasteiger partial charge in [-0.15, -0.1) is 0 Å². The zero-order chi connectivity index (χ0) is 15.4. The molecule has 0 aromatic rings. The van der Waals surface area contributed by atoms with Crippen molar-refractivity contribution in [1.82, 2.24) is 10.2 Å². The molecule has 1 aliphatic heterocycles. The molecule has 0 aliphatic carbocycles. The molecular formula is C16H30N2O2. The third-order valence-electron chi connectivity index (χ3n) is 4.54. The normalized spacial score (nSPS) is 25.3. The van der Waals surface area contributed by atoms with Crippen LogP contribution in [0.15, 0.2) is 0 Å². The van der Waals surface area contributed by atoms with E-state index in [9.17, 15) is 9.59 Å². The highest BCUT2D eigenvalue weighted by molar-refractivity contribution is 5.96. The van der Waals surface area contributed by atoms with Crippen molar-refractivity contribution in [1.29, 1.82) is 0 Å². The van der Waals surface area contributed by atoms with Crippen LogP contribution in [0.3, 0.4) is 0 Å². The Morgan fingerprint density at radius 2 is 1.70 bits per heavy atom. The first-order valence-corrected chi connectivity index (χ1v) is 7.95. The molecule has 1 fully saturated rings. The lowest BCUT2D eigenvalue weighted by molar-refractivity contribution is -0.152. The van der Waals surface area contributed by atoms with Crippen LogP contribution in [-0.4, -0.2) is 34.8 Å². The van der Waals surface area contributed by atoms with Gasteiger partial charge in [0.2, 0.25) is 11.8 Å². The summed E-state index contributed by atoms with van der Waals surface area (Å²) >= 11 is 0. The van der Waals surface area contributed by atoms with Crippen molar-refractivity contribution in [2.75, 3.05) is 0 Å². The SMILES string of the molecule is CCC(CC)C(C)N1C(=O)C(CC(C)C)NC(=O)C1C. The Hall–Kier alpha value is -1.06. The lowest BCUT2D eigenvalue weighted by atomic mass is 9.90. The molecule has 2 amide bonds. The lowest BCUT2D eigenvalue weighted by Crippen LogP contribution is -2.65. The molecule has 0 radical (unpaired) electrons. The van der Waals surface area contributed by atoms with Gasteiger partial charge in [-0.2, -0.15) is 0 Å². The number of amides is 2. The van der Waals surface area contributed by atoms with Gasteiger partial charge in [-0.05, 0) is 32.1 Å². The van der Waals surface area contributed by atoms with Gasteiger partial charge in [0.15, 0.2) is 0 Å². The van der Waals surface area contributed by atoms with Crippen LogP contribution >= 0.6 is 0 Å². The largest absolute Gasteiger partial charge is 0.343 e. The van der Waals surface area contributed by atoms with Gasteiger partial charge in [0, 0.05) is 6.04 Å². The molecule has 1 heterocycles. The number of carbonyl (C=O) groups excluding carboxylic acids is 2. The van der Waals surface area contributed by atoms with Crippen LogP contribution < -0.4 is 5.32 Å². The predicted molar refractivity (Wildman–Crippen MR) is 81.2 cm³/mol. The van der Waals surface area contributed by atoms with Gasteiger partial charge in [0.25, 0.3) is 0 Å². The van der Waals surface area contributed by atoms with Crippen LogP contribution in [0.5, 0.6) is 0 Å². The Kier molecular flexibility index (Phi) is 6.03. The van der Waals surface area contributed by atoms with Crippen molar-refractivity contribution >= 4 is 11.8 Å². The van der Waals surface area contributed by atoms with Crippen LogP contribution in [0, 0.1) is 11.8 Å². The van der Waals surface area contributed by atoms with E-state index >= 15 is 0 Å². The van der Waals surface area contributed by atoms with Crippen LogP contribution in [0.4, 0.5) is 0 Å². The topological polar surface area (TPSA) is 49.4 Å². The van der Waals surface area contributed by atoms with Crippen molar-refractivity contribution in [2.24, 2.45) is 11.8 Å². The minimum absolute atomic E-state index is 0.0203. The highest BCUT2D eigenvalue weighted by atomic mass is 16.2. The molecule has 1 aliphatic rings. The van der Waals surface area contributed by atoms with Crippen LogP contribution in [0.25, 0.3) is 0 Å². The minimum Gasteiger partial charge on any atom is -0.343 e. The predicted octanol–water partition coefficient (Wildman–Crippen LogP) is 2.57. The van der Waals surface area contributed by atoms with E-state index < -0.39 is 0 Å². The fraction of sp³-hybridized carbons (Fsp3) is 0.875. The van der Waals surface area contributed by atoms with E-state index in [2.05, 4.69) is 39.9 Å². The number of carbonyl (C=O) groups is 2. The van der Waals surface area contributed by atoms with Gasteiger partial charge in [-0.1, -0.05) is 40.5 Å². The average molecular weight is 282 g/mol. The average Bonchev–Trinajstić information content (AvgIpc) is 2.37. The summed E-state index contributed by atoms with van der Waals surface area (Å²) in [6, 6.07) is -0.592. The summed E-state index contributed by atoms with van der Waals surface area (Å²) in [5, 5.41) is 2.88. The molecule has 0 spiro atoms. The summed E-state index contributed by atoms with van der Waals surface area (Å²) in [7, 11) is 0. The maximum atomic E-state index is 12.7. The molecule has 1 rings (SSSR count). The number of nitrogens with zero attached hydrogens (tertiary/aromatic N) is 1. The second kappa shape index (κ2) is 7.09. The summed E-state index contributed by atoms with van der Waals surface area (Å²) in [5.74, 6) is 0.910. The lowest BCUT2D eigenvalue weighted by Gasteiger charge is -2.43. The fourth-order valence-corrected chi connectivity index (χ4v) is 3.23. The van der Waals surface area contributed by atoms with Crippen molar-refractivity contribution in [3.8, 4) is 0 Å². The Morgan fingerprint density at radius 3 is 2.15 bits per heavy atom. The molecule has 4 nitrogen and oxygen atoms in total. The Balaban J connectivity index is 2.95. The molecule has 4 heteroatoms. The molecule has 116 valence electrons. The molecular weight excluding hydrogens is 252 g/mol. The smallest absolute Gasteiger partial charge is 0.246 e. The van der Waals surface area contributed by atoms with Gasteiger partial charge in [0.05, 0.1) is 0 Å². The van der Waals surface area contributed by atoms with E-state index in [0.29, 0.717) is 18.3 Å². The van der Waals surface area contributed by atoms with E-state index in [-0.39, 0.29) is 29.9 Å². The van der Waals surface area contributed by atoms with Crippen LogP contribution in [0.1, 0.15) is 60.8 Å². The molecule has 3 unspecified atom stereocenters. The highest BCUT2D eigenvalue weighted by Gasteiger charge is 2.41. The third-order valence-corrected chi connectivity index (χ3v) is 4.54. The zero-order valence-corrected chi connectivity index (χ0v) is 13.8. The highest BCUT2D eigenvalue weighted by Crippen LogP contribution is 2.25. The van der Waals surface area contributed by atoms with Crippen molar-refractivity contribution < 1.29 is 9.59 Å². The van der Waals surface area contributed by atoms with Gasteiger partial charge < -0.3 is 10.2 Å². The summed E-state index contributed by atoms with van der Waals surface area (Å²) < 4.78 is 0. The number of rotatable bonds is 6. The molecule has 1 N–H and O–H groups in total.